The SMILES string of the molecule is O=C1[C@H](CC[C@H](O)c2ccc(F)cc2)[C@@H](c2ccc(-c3cccc([C@H](O)[C@H]4OC(CSO)[C@H](O)[C@@H](O)[C@@H]4O)c3)cc2O)N1c1ccccc1. The minimum absolute atomic E-state index is 0.0570. The lowest BCUT2D eigenvalue weighted by molar-refractivity contribution is -0.238. The fourth-order valence-electron chi connectivity index (χ4n) is 6.77. The number of aliphatic hydroxyl groups excluding tert-OH is 5. The first-order chi connectivity index (χ1) is 23.6. The smallest absolute Gasteiger partial charge is 0.233 e. The van der Waals surface area contributed by atoms with E-state index in [9.17, 15) is 44.4 Å². The molecule has 1 unspecified atom stereocenters. The van der Waals surface area contributed by atoms with E-state index in [1.165, 1.54) is 24.3 Å². The number of hydrogen-bond donors (Lipinski definition) is 7. The Morgan fingerprint density at radius 2 is 1.53 bits per heavy atom. The van der Waals surface area contributed by atoms with Gasteiger partial charge < -0.3 is 44.8 Å². The lowest BCUT2D eigenvalue weighted by Crippen LogP contribution is -2.59. The van der Waals surface area contributed by atoms with Gasteiger partial charge in [0, 0.05) is 17.0 Å². The van der Waals surface area contributed by atoms with Gasteiger partial charge in [-0.05, 0) is 83.5 Å². The molecule has 2 fully saturated rings. The van der Waals surface area contributed by atoms with E-state index in [2.05, 4.69) is 0 Å². The third kappa shape index (κ3) is 7.09. The molecule has 7 N–H and O–H groups in total. The fraction of sp³-hybridized carbons (Fsp3) is 0.324. The number of hydrogen-bond acceptors (Lipinski definition) is 10. The van der Waals surface area contributed by atoms with Crippen LogP contribution in [0.25, 0.3) is 11.1 Å². The van der Waals surface area contributed by atoms with E-state index in [0.29, 0.717) is 52.0 Å². The van der Waals surface area contributed by atoms with Gasteiger partial charge in [-0.2, -0.15) is 0 Å². The highest BCUT2D eigenvalue weighted by atomic mass is 32.2. The average Bonchev–Trinajstić information content (AvgIpc) is 3.11. The minimum Gasteiger partial charge on any atom is -0.508 e. The number of amides is 1. The summed E-state index contributed by atoms with van der Waals surface area (Å²) in [6, 6.07) is 26.0. The Bertz CT molecular complexity index is 1750. The number of aliphatic hydroxyl groups is 5. The number of phenolic OH excluding ortho intramolecular Hbond substituents is 1. The maximum atomic E-state index is 13.5. The molecule has 0 bridgehead atoms. The Hall–Kier alpha value is -3.85. The fourth-order valence-corrected chi connectivity index (χ4v) is 7.19. The minimum atomic E-state index is -1.60. The summed E-state index contributed by atoms with van der Waals surface area (Å²) in [5.41, 5.74) is 3.31. The summed E-state index contributed by atoms with van der Waals surface area (Å²) in [6.07, 6.45) is -8.68. The highest BCUT2D eigenvalue weighted by molar-refractivity contribution is 7.93. The number of halogens is 1. The van der Waals surface area contributed by atoms with Crippen LogP contribution in [0.2, 0.25) is 0 Å². The topological polar surface area (TPSA) is 171 Å². The number of carbonyl (C=O) groups excluding carboxylic acids is 1. The summed E-state index contributed by atoms with van der Waals surface area (Å²) < 4.78 is 28.3. The number of para-hydroxylation sites is 1. The van der Waals surface area contributed by atoms with Crippen molar-refractivity contribution in [1.82, 2.24) is 0 Å². The van der Waals surface area contributed by atoms with Crippen LogP contribution in [0.3, 0.4) is 0 Å². The lowest BCUT2D eigenvalue weighted by atomic mass is 9.77. The van der Waals surface area contributed by atoms with E-state index < -0.39 is 60.5 Å². The van der Waals surface area contributed by atoms with E-state index in [0.717, 1.165) is 0 Å². The van der Waals surface area contributed by atoms with Crippen molar-refractivity contribution in [3.8, 4) is 16.9 Å². The van der Waals surface area contributed by atoms with E-state index in [4.69, 9.17) is 4.74 Å². The van der Waals surface area contributed by atoms with Crippen molar-refractivity contribution in [2.75, 3.05) is 10.7 Å². The predicted octanol–water partition coefficient (Wildman–Crippen LogP) is 4.51. The van der Waals surface area contributed by atoms with Crippen molar-refractivity contribution in [3.63, 3.8) is 0 Å². The van der Waals surface area contributed by atoms with Gasteiger partial charge in [0.2, 0.25) is 5.91 Å². The van der Waals surface area contributed by atoms with Crippen molar-refractivity contribution in [3.05, 3.63) is 120 Å². The Morgan fingerprint density at radius 3 is 2.22 bits per heavy atom. The van der Waals surface area contributed by atoms with Gasteiger partial charge in [0.25, 0.3) is 0 Å². The van der Waals surface area contributed by atoms with Crippen LogP contribution in [0.1, 0.15) is 47.8 Å². The molecule has 0 spiro atoms. The molecule has 6 rings (SSSR count). The summed E-state index contributed by atoms with van der Waals surface area (Å²) >= 11 is 0.410. The number of β-lactam (4-membered cyclic amide) rings is 1. The summed E-state index contributed by atoms with van der Waals surface area (Å²) in [4.78, 5) is 15.1. The zero-order valence-corrected chi connectivity index (χ0v) is 27.1. The summed E-state index contributed by atoms with van der Waals surface area (Å²) in [6.45, 7) is 0. The summed E-state index contributed by atoms with van der Waals surface area (Å²) in [7, 11) is 0. The van der Waals surface area contributed by atoms with Gasteiger partial charge in [0.1, 0.15) is 42.1 Å². The molecule has 9 atom stereocenters. The molecule has 49 heavy (non-hydrogen) atoms. The monoisotopic (exact) mass is 691 g/mol. The Kier molecular flexibility index (Phi) is 10.7. The van der Waals surface area contributed by atoms with Gasteiger partial charge in [-0.3, -0.25) is 4.79 Å². The van der Waals surface area contributed by atoms with Crippen LogP contribution in [-0.4, -0.2) is 77.4 Å². The molecule has 0 radical (unpaired) electrons. The second-order valence-corrected chi connectivity index (χ2v) is 13.1. The maximum Gasteiger partial charge on any atom is 0.233 e. The molecule has 1 amide bonds. The quantitative estimate of drug-likeness (QED) is 0.0878. The number of aromatic hydroxyl groups is 1. The van der Waals surface area contributed by atoms with Crippen LogP contribution < -0.4 is 4.90 Å². The van der Waals surface area contributed by atoms with Crippen LogP contribution in [0, 0.1) is 11.7 Å². The van der Waals surface area contributed by atoms with Crippen molar-refractivity contribution in [2.45, 2.75) is 61.6 Å². The summed E-state index contributed by atoms with van der Waals surface area (Å²) in [5.74, 6) is -1.22. The zero-order chi connectivity index (χ0) is 34.8. The zero-order valence-electron chi connectivity index (χ0n) is 26.2. The predicted molar refractivity (Wildman–Crippen MR) is 181 cm³/mol. The Labute approximate surface area is 286 Å². The first kappa shape index (κ1) is 35.0. The van der Waals surface area contributed by atoms with Crippen LogP contribution in [0.15, 0.2) is 97.1 Å². The molecule has 10 nitrogen and oxygen atoms in total. The molecule has 0 aliphatic carbocycles. The van der Waals surface area contributed by atoms with Gasteiger partial charge in [0.15, 0.2) is 0 Å². The van der Waals surface area contributed by atoms with Crippen molar-refractivity contribution in [1.29, 1.82) is 0 Å². The molecule has 0 saturated carbocycles. The number of ether oxygens (including phenoxy) is 1. The largest absolute Gasteiger partial charge is 0.508 e. The average molecular weight is 692 g/mol. The van der Waals surface area contributed by atoms with Gasteiger partial charge in [-0.25, -0.2) is 4.39 Å². The summed E-state index contributed by atoms with van der Waals surface area (Å²) in [5, 5.41) is 64.5. The van der Waals surface area contributed by atoms with Gasteiger partial charge in [-0.1, -0.05) is 60.7 Å². The normalized spacial score (nSPS) is 26.6. The number of phenols is 1. The molecule has 4 aromatic carbocycles. The van der Waals surface area contributed by atoms with Crippen molar-refractivity contribution in [2.24, 2.45) is 5.92 Å². The molecule has 2 aliphatic rings. The molecular weight excluding hydrogens is 653 g/mol. The molecule has 2 heterocycles. The first-order valence-corrected chi connectivity index (χ1v) is 16.9. The molecule has 4 aromatic rings. The second-order valence-electron chi connectivity index (χ2n) is 12.5. The molecule has 0 aromatic heterocycles. The van der Waals surface area contributed by atoms with Gasteiger partial charge >= 0.3 is 0 Å². The highest BCUT2D eigenvalue weighted by Crippen LogP contribution is 2.49. The van der Waals surface area contributed by atoms with Gasteiger partial charge in [0.05, 0.1) is 24.2 Å². The van der Waals surface area contributed by atoms with E-state index in [-0.39, 0.29) is 23.8 Å². The number of benzene rings is 4. The van der Waals surface area contributed by atoms with E-state index in [1.807, 2.05) is 30.3 Å². The third-order valence-corrected chi connectivity index (χ3v) is 9.94. The van der Waals surface area contributed by atoms with Crippen LogP contribution in [-0.2, 0) is 9.53 Å². The molecule has 12 heteroatoms. The standard InChI is InChI=1S/C37H38FNO9S/c38-24-12-9-20(10-13-24)28(40)16-15-27-31(39(37(27)46)25-7-2-1-3-8-25)26-14-11-22(18-29(26)41)21-5-4-6-23(17-21)32(42)36-35(45)34(44)33(43)30(48-36)19-49-47/h1-14,17-18,27-28,30-36,40-45,47H,15-16,19H2/t27-,28+,30?,31-,32+,33+,34-,35+,36-/m1/s1. The van der Waals surface area contributed by atoms with Gasteiger partial charge in [-0.15, -0.1) is 0 Å². The first-order valence-electron chi connectivity index (χ1n) is 16.0. The van der Waals surface area contributed by atoms with Crippen LogP contribution in [0.4, 0.5) is 10.1 Å². The number of nitrogens with zero attached hydrogens (tertiary/aromatic N) is 1. The third-order valence-electron chi connectivity index (χ3n) is 9.46. The van der Waals surface area contributed by atoms with Crippen molar-refractivity contribution < 1.29 is 49.1 Å². The molecular formula is C37H38FNO9S. The van der Waals surface area contributed by atoms with Crippen molar-refractivity contribution >= 4 is 23.6 Å². The highest BCUT2D eigenvalue weighted by Gasteiger charge is 2.50. The Balaban J connectivity index is 1.24. The van der Waals surface area contributed by atoms with E-state index in [1.54, 1.807) is 47.4 Å². The Morgan fingerprint density at radius 1 is 0.816 bits per heavy atom. The second kappa shape index (κ2) is 15.0. The molecule has 258 valence electrons. The molecule has 2 saturated heterocycles. The maximum absolute atomic E-state index is 13.5. The lowest BCUT2D eigenvalue weighted by Gasteiger charge is -2.48. The number of anilines is 1. The van der Waals surface area contributed by atoms with Crippen LogP contribution in [0.5, 0.6) is 5.75 Å². The van der Waals surface area contributed by atoms with E-state index >= 15 is 0 Å². The number of rotatable bonds is 11. The van der Waals surface area contributed by atoms with Crippen LogP contribution >= 0.6 is 12.0 Å². The number of carbonyl (C=O) groups is 1. The molecule has 2 aliphatic heterocycles.